The van der Waals surface area contributed by atoms with Gasteiger partial charge in [-0.25, -0.2) is 9.18 Å². The number of carboxylic acid groups (broad SMARTS) is 1. The highest BCUT2D eigenvalue weighted by Gasteiger charge is 2.41. The Balaban J connectivity index is 1.88. The van der Waals surface area contributed by atoms with Crippen molar-refractivity contribution in [3.05, 3.63) is 34.5 Å². The topological polar surface area (TPSA) is 69.6 Å². The molecule has 0 amide bonds. The number of rotatable bonds is 6. The number of halogens is 1. The average molecular weight is 309 g/mol. The maximum atomic E-state index is 14.0. The Hall–Kier alpha value is -1.50. The summed E-state index contributed by atoms with van der Waals surface area (Å²) in [6.07, 6.45) is 1.95. The second kappa shape index (κ2) is 5.36. The number of aromatic carboxylic acids is 1. The van der Waals surface area contributed by atoms with E-state index in [0.29, 0.717) is 28.7 Å². The minimum absolute atomic E-state index is 0.0617. The zero-order valence-electron chi connectivity index (χ0n) is 11.4. The lowest BCUT2D eigenvalue weighted by Crippen LogP contribution is -2.26. The molecule has 0 atom stereocenters. The van der Waals surface area contributed by atoms with Crippen LogP contribution in [0.3, 0.4) is 0 Å². The Morgan fingerprint density at radius 1 is 1.43 bits per heavy atom. The van der Waals surface area contributed by atoms with E-state index in [2.05, 4.69) is 5.32 Å². The lowest BCUT2D eigenvalue weighted by atomic mass is 10.1. The van der Waals surface area contributed by atoms with E-state index in [1.807, 2.05) is 0 Å². The van der Waals surface area contributed by atoms with Gasteiger partial charge in [0.2, 0.25) is 0 Å². The molecule has 6 heteroatoms. The Morgan fingerprint density at radius 2 is 2.19 bits per heavy atom. The summed E-state index contributed by atoms with van der Waals surface area (Å²) in [6.45, 7) is 1.04. The van der Waals surface area contributed by atoms with E-state index in [1.54, 1.807) is 12.1 Å². The number of carboxylic acids is 1. The van der Waals surface area contributed by atoms with Crippen LogP contribution < -0.4 is 5.32 Å². The van der Waals surface area contributed by atoms with E-state index in [0.717, 1.165) is 24.2 Å². The molecule has 21 heavy (non-hydrogen) atoms. The van der Waals surface area contributed by atoms with E-state index < -0.39 is 11.8 Å². The second-order valence-electron chi connectivity index (χ2n) is 5.59. The fourth-order valence-corrected chi connectivity index (χ4v) is 3.60. The van der Waals surface area contributed by atoms with Gasteiger partial charge in [0.25, 0.3) is 0 Å². The molecule has 0 saturated heterocycles. The molecule has 1 fully saturated rings. The molecule has 2 aromatic rings. The zero-order valence-corrected chi connectivity index (χ0v) is 12.2. The van der Waals surface area contributed by atoms with Crippen molar-refractivity contribution in [2.75, 3.05) is 13.2 Å². The van der Waals surface area contributed by atoms with Crippen molar-refractivity contribution in [3.8, 4) is 0 Å². The number of nitrogens with one attached hydrogen (secondary N) is 1. The molecule has 3 N–H and O–H groups in total. The Kier molecular flexibility index (Phi) is 3.69. The first-order valence-corrected chi connectivity index (χ1v) is 7.63. The molecule has 1 aromatic heterocycles. The number of thiophene rings is 1. The number of fused-ring (bicyclic) bond motifs is 1. The standard InChI is InChI=1S/C15H16FNO3S/c16-10-2-1-3-11-12(10)9(13(21-11)14(19)20)6-17-7-15(8-18)4-5-15/h1-3,17-18H,4-8H2,(H,19,20). The molecule has 4 nitrogen and oxygen atoms in total. The summed E-state index contributed by atoms with van der Waals surface area (Å²) in [5, 5.41) is 22.1. The van der Waals surface area contributed by atoms with Gasteiger partial charge in [0, 0.05) is 40.8 Å². The number of carbonyl (C=O) groups is 1. The van der Waals surface area contributed by atoms with Gasteiger partial charge in [0.15, 0.2) is 0 Å². The van der Waals surface area contributed by atoms with Crippen LogP contribution in [0.1, 0.15) is 28.1 Å². The monoisotopic (exact) mass is 309 g/mol. The summed E-state index contributed by atoms with van der Waals surface area (Å²) in [7, 11) is 0. The largest absolute Gasteiger partial charge is 0.477 e. The number of benzene rings is 1. The van der Waals surface area contributed by atoms with Gasteiger partial charge in [-0.15, -0.1) is 11.3 Å². The summed E-state index contributed by atoms with van der Waals surface area (Å²) in [5.74, 6) is -1.42. The molecule has 0 unspecified atom stereocenters. The third kappa shape index (κ3) is 2.66. The molecule has 0 bridgehead atoms. The predicted octanol–water partition coefficient (Wildman–Crippen LogP) is 2.60. The number of hydrogen-bond donors (Lipinski definition) is 3. The van der Waals surface area contributed by atoms with Crippen LogP contribution in [-0.4, -0.2) is 29.3 Å². The van der Waals surface area contributed by atoms with E-state index >= 15 is 0 Å². The van der Waals surface area contributed by atoms with Crippen molar-refractivity contribution in [3.63, 3.8) is 0 Å². The lowest BCUT2D eigenvalue weighted by Gasteiger charge is -2.13. The first-order chi connectivity index (χ1) is 10.1. The Morgan fingerprint density at radius 3 is 2.81 bits per heavy atom. The van der Waals surface area contributed by atoms with Crippen molar-refractivity contribution in [2.24, 2.45) is 5.41 Å². The molecule has 1 aliphatic carbocycles. The highest BCUT2D eigenvalue weighted by atomic mass is 32.1. The first kappa shape index (κ1) is 14.4. The summed E-state index contributed by atoms with van der Waals surface area (Å²) < 4.78 is 14.7. The summed E-state index contributed by atoms with van der Waals surface area (Å²) in [4.78, 5) is 11.5. The van der Waals surface area contributed by atoms with Crippen LogP contribution in [0.15, 0.2) is 18.2 Å². The molecule has 1 saturated carbocycles. The molecule has 3 rings (SSSR count). The quantitative estimate of drug-likeness (QED) is 0.767. The summed E-state index contributed by atoms with van der Waals surface area (Å²) >= 11 is 1.10. The smallest absolute Gasteiger partial charge is 0.346 e. The van der Waals surface area contributed by atoms with Gasteiger partial charge < -0.3 is 15.5 Å². The van der Waals surface area contributed by atoms with E-state index in [4.69, 9.17) is 0 Å². The van der Waals surface area contributed by atoms with E-state index in [-0.39, 0.29) is 16.9 Å². The molecule has 1 aromatic carbocycles. The predicted molar refractivity (Wildman–Crippen MR) is 79.2 cm³/mol. The van der Waals surface area contributed by atoms with Crippen molar-refractivity contribution in [2.45, 2.75) is 19.4 Å². The van der Waals surface area contributed by atoms with Gasteiger partial charge in [-0.2, -0.15) is 0 Å². The highest BCUT2D eigenvalue weighted by Crippen LogP contribution is 2.44. The summed E-state index contributed by atoms with van der Waals surface area (Å²) in [6, 6.07) is 4.66. The van der Waals surface area contributed by atoms with Crippen molar-refractivity contribution in [1.82, 2.24) is 5.32 Å². The Bertz CT molecular complexity index is 694. The van der Waals surface area contributed by atoms with Gasteiger partial charge >= 0.3 is 5.97 Å². The van der Waals surface area contributed by atoms with Crippen LogP contribution >= 0.6 is 11.3 Å². The van der Waals surface area contributed by atoms with Crippen LogP contribution in [0.5, 0.6) is 0 Å². The lowest BCUT2D eigenvalue weighted by molar-refractivity contribution is 0.0701. The van der Waals surface area contributed by atoms with Crippen LogP contribution in [0.25, 0.3) is 10.1 Å². The van der Waals surface area contributed by atoms with Gasteiger partial charge in [-0.3, -0.25) is 0 Å². The zero-order chi connectivity index (χ0) is 15.0. The van der Waals surface area contributed by atoms with Gasteiger partial charge in [-0.05, 0) is 25.0 Å². The maximum absolute atomic E-state index is 14.0. The van der Waals surface area contributed by atoms with Crippen molar-refractivity contribution < 1.29 is 19.4 Å². The van der Waals surface area contributed by atoms with Crippen LogP contribution in [0, 0.1) is 11.2 Å². The molecule has 1 heterocycles. The molecular formula is C15H16FNO3S. The molecule has 0 radical (unpaired) electrons. The van der Waals surface area contributed by atoms with Crippen molar-refractivity contribution in [1.29, 1.82) is 0 Å². The summed E-state index contributed by atoms with van der Waals surface area (Å²) in [5.41, 5.74) is 0.433. The molecule has 1 aliphatic rings. The normalized spacial score (nSPS) is 16.3. The molecular weight excluding hydrogens is 293 g/mol. The van der Waals surface area contributed by atoms with Gasteiger partial charge in [0.05, 0.1) is 0 Å². The minimum atomic E-state index is -1.03. The van der Waals surface area contributed by atoms with Crippen LogP contribution in [0.2, 0.25) is 0 Å². The van der Waals surface area contributed by atoms with Gasteiger partial charge in [0.1, 0.15) is 10.7 Å². The number of aliphatic hydroxyl groups excluding tert-OH is 1. The van der Waals surface area contributed by atoms with Gasteiger partial charge in [-0.1, -0.05) is 6.07 Å². The first-order valence-electron chi connectivity index (χ1n) is 6.81. The van der Waals surface area contributed by atoms with Crippen molar-refractivity contribution >= 4 is 27.4 Å². The number of hydrogen-bond acceptors (Lipinski definition) is 4. The number of aliphatic hydroxyl groups is 1. The molecule has 0 aliphatic heterocycles. The SMILES string of the molecule is O=C(O)c1sc2cccc(F)c2c1CNCC1(CO)CC1. The highest BCUT2D eigenvalue weighted by molar-refractivity contribution is 7.21. The van der Waals surface area contributed by atoms with Crippen LogP contribution in [0.4, 0.5) is 4.39 Å². The fourth-order valence-electron chi connectivity index (χ4n) is 2.53. The third-order valence-corrected chi connectivity index (χ3v) is 5.24. The third-order valence-electron chi connectivity index (χ3n) is 4.05. The Labute approximate surface area is 125 Å². The minimum Gasteiger partial charge on any atom is -0.477 e. The van der Waals surface area contributed by atoms with E-state index in [1.165, 1.54) is 6.07 Å². The second-order valence-corrected chi connectivity index (χ2v) is 6.64. The average Bonchev–Trinajstić information content (AvgIpc) is 3.13. The molecule has 0 spiro atoms. The molecule has 112 valence electrons. The van der Waals surface area contributed by atoms with Crippen LogP contribution in [-0.2, 0) is 6.54 Å². The fraction of sp³-hybridized carbons (Fsp3) is 0.400. The maximum Gasteiger partial charge on any atom is 0.346 e. The van der Waals surface area contributed by atoms with E-state index in [9.17, 15) is 19.4 Å².